The fraction of sp³-hybridized carbons (Fsp3) is 0.552. The molecule has 1 saturated heterocycles. The third-order valence-electron chi connectivity index (χ3n) is 8.12. The number of halogens is 1. The summed E-state index contributed by atoms with van der Waals surface area (Å²) in [4.78, 5) is 7.90. The second-order valence-electron chi connectivity index (χ2n) is 10.6. The molecule has 0 radical (unpaired) electrons. The summed E-state index contributed by atoms with van der Waals surface area (Å²) >= 11 is 6.14. The number of rotatable bonds is 6. The first-order chi connectivity index (χ1) is 16.0. The lowest BCUT2D eigenvalue weighted by Gasteiger charge is -2.35. The summed E-state index contributed by atoms with van der Waals surface area (Å²) < 4.78 is 2.46. The van der Waals surface area contributed by atoms with E-state index in [2.05, 4.69) is 47.6 Å². The van der Waals surface area contributed by atoms with Crippen molar-refractivity contribution in [3.8, 4) is 0 Å². The van der Waals surface area contributed by atoms with Crippen molar-refractivity contribution in [2.45, 2.75) is 71.8 Å². The summed E-state index contributed by atoms with van der Waals surface area (Å²) in [5, 5.41) is 0.793. The molecule has 1 aliphatic heterocycles. The van der Waals surface area contributed by atoms with Crippen LogP contribution < -0.4 is 0 Å². The fourth-order valence-corrected chi connectivity index (χ4v) is 6.03. The Labute approximate surface area is 204 Å². The van der Waals surface area contributed by atoms with Crippen LogP contribution in [0, 0.1) is 25.7 Å². The van der Waals surface area contributed by atoms with Crippen molar-refractivity contribution >= 4 is 22.6 Å². The number of hydrogen-bond acceptors (Lipinski definition) is 2. The normalized spacial score (nSPS) is 18.9. The van der Waals surface area contributed by atoms with E-state index in [0.717, 1.165) is 35.3 Å². The third-order valence-corrected chi connectivity index (χ3v) is 8.37. The zero-order valence-corrected chi connectivity index (χ0v) is 21.1. The first-order valence-electron chi connectivity index (χ1n) is 13.0. The minimum Gasteiger partial charge on any atom is -0.323 e. The molecule has 4 heteroatoms. The van der Waals surface area contributed by atoms with Gasteiger partial charge in [-0.25, -0.2) is 4.98 Å². The fourth-order valence-electron chi connectivity index (χ4n) is 5.90. The summed E-state index contributed by atoms with van der Waals surface area (Å²) in [7, 11) is 0. The molecule has 176 valence electrons. The van der Waals surface area contributed by atoms with E-state index in [-0.39, 0.29) is 0 Å². The highest BCUT2D eigenvalue weighted by Crippen LogP contribution is 2.29. The van der Waals surface area contributed by atoms with Crippen molar-refractivity contribution in [3.63, 3.8) is 0 Å². The summed E-state index contributed by atoms with van der Waals surface area (Å²) in [5.41, 5.74) is 6.33. The Balaban J connectivity index is 1.31. The maximum Gasteiger partial charge on any atom is 0.110 e. The van der Waals surface area contributed by atoms with Gasteiger partial charge in [-0.3, -0.25) is 0 Å². The first kappa shape index (κ1) is 22.9. The lowest BCUT2D eigenvalue weighted by Crippen LogP contribution is -2.38. The van der Waals surface area contributed by atoms with Gasteiger partial charge in [0.15, 0.2) is 0 Å². The predicted molar refractivity (Wildman–Crippen MR) is 139 cm³/mol. The molecular formula is C29H38ClN3. The van der Waals surface area contributed by atoms with E-state index in [9.17, 15) is 0 Å². The lowest BCUT2D eigenvalue weighted by molar-refractivity contribution is 0.144. The van der Waals surface area contributed by atoms with Crippen LogP contribution in [-0.2, 0) is 13.0 Å². The molecule has 0 N–H and O–H groups in total. The quantitative estimate of drug-likeness (QED) is 0.385. The molecule has 1 saturated carbocycles. The summed E-state index contributed by atoms with van der Waals surface area (Å²) in [6.07, 6.45) is 10.9. The van der Waals surface area contributed by atoms with Gasteiger partial charge in [0, 0.05) is 24.5 Å². The number of likely N-dealkylation sites (tertiary alicyclic amines) is 1. The monoisotopic (exact) mass is 463 g/mol. The van der Waals surface area contributed by atoms with Crippen molar-refractivity contribution in [3.05, 3.63) is 63.9 Å². The third kappa shape index (κ3) is 5.46. The van der Waals surface area contributed by atoms with E-state index in [1.165, 1.54) is 92.6 Å². The molecule has 2 fully saturated rings. The highest BCUT2D eigenvalue weighted by Gasteiger charge is 2.25. The topological polar surface area (TPSA) is 21.1 Å². The molecule has 3 nitrogen and oxygen atoms in total. The second-order valence-corrected chi connectivity index (χ2v) is 11.1. The molecule has 0 amide bonds. The van der Waals surface area contributed by atoms with Gasteiger partial charge in [-0.1, -0.05) is 43.0 Å². The van der Waals surface area contributed by atoms with Crippen LogP contribution in [-0.4, -0.2) is 34.1 Å². The Morgan fingerprint density at radius 2 is 1.58 bits per heavy atom. The maximum atomic E-state index is 6.14. The van der Waals surface area contributed by atoms with Crippen molar-refractivity contribution in [1.29, 1.82) is 0 Å². The zero-order chi connectivity index (χ0) is 22.8. The SMILES string of the molecule is Cc1cc2nc(CC3CCN(CC4CCCCC4)CC3)n(Cc3ccc(Cl)cc3)c2cc1C. The first-order valence-corrected chi connectivity index (χ1v) is 13.4. The van der Waals surface area contributed by atoms with E-state index in [4.69, 9.17) is 16.6 Å². The van der Waals surface area contributed by atoms with Crippen LogP contribution in [0.5, 0.6) is 0 Å². The van der Waals surface area contributed by atoms with Gasteiger partial charge in [0.25, 0.3) is 0 Å². The van der Waals surface area contributed by atoms with Gasteiger partial charge in [0.2, 0.25) is 0 Å². The van der Waals surface area contributed by atoms with Crippen LogP contribution >= 0.6 is 11.6 Å². The average Bonchev–Trinajstić information content (AvgIpc) is 3.13. The number of imidazole rings is 1. The van der Waals surface area contributed by atoms with E-state index < -0.39 is 0 Å². The van der Waals surface area contributed by atoms with Gasteiger partial charge in [0.1, 0.15) is 5.82 Å². The number of hydrogen-bond donors (Lipinski definition) is 0. The Hall–Kier alpha value is -1.84. The van der Waals surface area contributed by atoms with E-state index >= 15 is 0 Å². The van der Waals surface area contributed by atoms with Gasteiger partial charge in [-0.2, -0.15) is 0 Å². The molecule has 1 aliphatic carbocycles. The Morgan fingerprint density at radius 3 is 2.30 bits per heavy atom. The van der Waals surface area contributed by atoms with E-state index in [1.807, 2.05) is 12.1 Å². The maximum absolute atomic E-state index is 6.14. The van der Waals surface area contributed by atoms with Gasteiger partial charge in [-0.15, -0.1) is 0 Å². The van der Waals surface area contributed by atoms with Gasteiger partial charge >= 0.3 is 0 Å². The van der Waals surface area contributed by atoms with Gasteiger partial charge in [0.05, 0.1) is 11.0 Å². The molecule has 1 aromatic heterocycles. The number of benzene rings is 2. The number of aryl methyl sites for hydroxylation is 2. The van der Waals surface area contributed by atoms with Crippen LogP contribution in [0.1, 0.15) is 67.5 Å². The lowest BCUT2D eigenvalue weighted by atomic mass is 9.87. The van der Waals surface area contributed by atoms with Crippen LogP contribution in [0.25, 0.3) is 11.0 Å². The Kier molecular flexibility index (Phi) is 7.08. The number of piperidine rings is 1. The molecule has 0 atom stereocenters. The molecule has 2 heterocycles. The van der Waals surface area contributed by atoms with E-state index in [0.29, 0.717) is 0 Å². The Bertz CT molecular complexity index is 1070. The summed E-state index contributed by atoms with van der Waals surface area (Å²) in [6.45, 7) is 9.10. The van der Waals surface area contributed by atoms with Gasteiger partial charge in [-0.05, 0) is 105 Å². The molecule has 33 heavy (non-hydrogen) atoms. The second kappa shape index (κ2) is 10.2. The molecule has 5 rings (SSSR count). The zero-order valence-electron chi connectivity index (χ0n) is 20.3. The highest BCUT2D eigenvalue weighted by atomic mass is 35.5. The van der Waals surface area contributed by atoms with E-state index in [1.54, 1.807) is 0 Å². The van der Waals surface area contributed by atoms with Crippen molar-refractivity contribution < 1.29 is 0 Å². The summed E-state index contributed by atoms with van der Waals surface area (Å²) in [6, 6.07) is 12.9. The van der Waals surface area contributed by atoms with Crippen LogP contribution in [0.4, 0.5) is 0 Å². The largest absolute Gasteiger partial charge is 0.323 e. The number of fused-ring (bicyclic) bond motifs is 1. The standard InChI is InChI=1S/C29H38ClN3/c1-21-16-27-28(17-22(21)2)33(20-25-8-10-26(30)11-9-25)29(31-27)18-23-12-14-32(15-13-23)19-24-6-4-3-5-7-24/h8-11,16-17,23-24H,3-7,12-15,18-20H2,1-2H3. The molecule has 2 aliphatic rings. The van der Waals surface area contributed by atoms with Crippen LogP contribution in [0.2, 0.25) is 5.02 Å². The molecule has 3 aromatic rings. The Morgan fingerprint density at radius 1 is 0.879 bits per heavy atom. The smallest absolute Gasteiger partial charge is 0.110 e. The van der Waals surface area contributed by atoms with Gasteiger partial charge < -0.3 is 9.47 Å². The number of aromatic nitrogens is 2. The summed E-state index contributed by atoms with van der Waals surface area (Å²) in [5.74, 6) is 2.93. The highest BCUT2D eigenvalue weighted by molar-refractivity contribution is 6.30. The molecule has 2 aromatic carbocycles. The minimum atomic E-state index is 0.732. The minimum absolute atomic E-state index is 0.732. The molecule has 0 unspecified atom stereocenters. The predicted octanol–water partition coefficient (Wildman–Crippen LogP) is 7.19. The van der Waals surface area contributed by atoms with Crippen molar-refractivity contribution in [1.82, 2.24) is 14.5 Å². The van der Waals surface area contributed by atoms with Crippen molar-refractivity contribution in [2.75, 3.05) is 19.6 Å². The van der Waals surface area contributed by atoms with Crippen molar-refractivity contribution in [2.24, 2.45) is 11.8 Å². The van der Waals surface area contributed by atoms with Crippen LogP contribution in [0.3, 0.4) is 0 Å². The molecule has 0 bridgehead atoms. The molecular weight excluding hydrogens is 426 g/mol. The number of nitrogens with zero attached hydrogens (tertiary/aromatic N) is 3. The average molecular weight is 464 g/mol. The molecule has 0 spiro atoms. The van der Waals surface area contributed by atoms with Crippen LogP contribution in [0.15, 0.2) is 36.4 Å².